The van der Waals surface area contributed by atoms with Crippen LogP contribution in [0.3, 0.4) is 0 Å². The fourth-order valence-electron chi connectivity index (χ4n) is 1.65. The number of hydrogen-bond donors (Lipinski definition) is 2. The van der Waals surface area contributed by atoms with Crippen molar-refractivity contribution in [3.63, 3.8) is 0 Å². The lowest BCUT2D eigenvalue weighted by Gasteiger charge is -2.25. The predicted octanol–water partition coefficient (Wildman–Crippen LogP) is 0.955. The molecule has 0 saturated heterocycles. The van der Waals surface area contributed by atoms with Crippen LogP contribution < -0.4 is 4.90 Å². The van der Waals surface area contributed by atoms with E-state index in [1.165, 1.54) is 0 Å². The van der Waals surface area contributed by atoms with E-state index in [2.05, 4.69) is 30.7 Å². The second-order valence-electron chi connectivity index (χ2n) is 4.93. The van der Waals surface area contributed by atoms with Crippen LogP contribution in [-0.4, -0.2) is 46.5 Å². The van der Waals surface area contributed by atoms with Crippen molar-refractivity contribution in [3.8, 4) is 0 Å². The third-order valence-corrected chi connectivity index (χ3v) is 3.29. The van der Waals surface area contributed by atoms with Gasteiger partial charge in [-0.2, -0.15) is 0 Å². The topological polar surface area (TPSA) is 69.5 Å². The van der Waals surface area contributed by atoms with Crippen LogP contribution >= 0.6 is 0 Å². The van der Waals surface area contributed by atoms with Crippen LogP contribution in [0.25, 0.3) is 0 Å². The molecule has 0 fully saturated rings. The van der Waals surface area contributed by atoms with Crippen molar-refractivity contribution in [3.05, 3.63) is 18.1 Å². The van der Waals surface area contributed by atoms with E-state index < -0.39 is 0 Å². The van der Waals surface area contributed by atoms with Crippen molar-refractivity contribution in [1.29, 1.82) is 0 Å². The van der Waals surface area contributed by atoms with Gasteiger partial charge in [-0.05, 0) is 6.42 Å². The number of aliphatic hydroxyl groups is 2. The van der Waals surface area contributed by atoms with E-state index in [9.17, 15) is 0 Å². The number of hydrogen-bond acceptors (Lipinski definition) is 5. The number of rotatable bonds is 7. The fourth-order valence-corrected chi connectivity index (χ4v) is 1.65. The molecule has 102 valence electrons. The normalized spacial score (nSPS) is 11.6. The maximum atomic E-state index is 9.03. The van der Waals surface area contributed by atoms with E-state index in [-0.39, 0.29) is 18.6 Å². The molecular formula is C13H23N3O2. The Balaban J connectivity index is 2.98. The molecule has 0 aromatic carbocycles. The van der Waals surface area contributed by atoms with E-state index in [1.54, 1.807) is 6.33 Å². The monoisotopic (exact) mass is 253 g/mol. The Morgan fingerprint density at radius 2 is 1.78 bits per heavy atom. The molecule has 0 aliphatic rings. The van der Waals surface area contributed by atoms with Gasteiger partial charge >= 0.3 is 0 Å². The molecule has 0 aliphatic carbocycles. The second kappa shape index (κ2) is 6.66. The highest BCUT2D eigenvalue weighted by atomic mass is 16.3. The molecule has 0 saturated carbocycles. The van der Waals surface area contributed by atoms with Crippen LogP contribution in [-0.2, 0) is 5.41 Å². The Morgan fingerprint density at radius 1 is 1.17 bits per heavy atom. The lowest BCUT2D eigenvalue weighted by atomic mass is 9.86. The summed E-state index contributed by atoms with van der Waals surface area (Å²) in [4.78, 5) is 10.4. The van der Waals surface area contributed by atoms with Gasteiger partial charge in [-0.25, -0.2) is 9.97 Å². The summed E-state index contributed by atoms with van der Waals surface area (Å²) in [5.41, 5.74) is 0.984. The standard InChI is InChI=1S/C13H23N3O2/c1-4-13(2,3)11-9-12(15-10-14-11)16(5-7-17)6-8-18/h9-10,17-18H,4-8H2,1-3H3. The average molecular weight is 253 g/mol. The third-order valence-electron chi connectivity index (χ3n) is 3.29. The first-order chi connectivity index (χ1) is 8.55. The number of anilines is 1. The first-order valence-electron chi connectivity index (χ1n) is 6.34. The summed E-state index contributed by atoms with van der Waals surface area (Å²) in [7, 11) is 0. The molecule has 1 aromatic rings. The fraction of sp³-hybridized carbons (Fsp3) is 0.692. The number of aromatic nitrogens is 2. The Kier molecular flexibility index (Phi) is 5.50. The lowest BCUT2D eigenvalue weighted by Crippen LogP contribution is -2.31. The van der Waals surface area contributed by atoms with E-state index in [4.69, 9.17) is 10.2 Å². The van der Waals surface area contributed by atoms with E-state index in [1.807, 2.05) is 11.0 Å². The third kappa shape index (κ3) is 3.65. The highest BCUT2D eigenvalue weighted by Crippen LogP contribution is 2.26. The summed E-state index contributed by atoms with van der Waals surface area (Å²) in [6, 6.07) is 1.94. The van der Waals surface area contributed by atoms with Gasteiger partial charge in [0.15, 0.2) is 0 Å². The van der Waals surface area contributed by atoms with Crippen molar-refractivity contribution < 1.29 is 10.2 Å². The minimum atomic E-state index is 0.00178. The molecule has 5 heteroatoms. The molecular weight excluding hydrogens is 230 g/mol. The van der Waals surface area contributed by atoms with Gasteiger partial charge in [0, 0.05) is 24.6 Å². The Labute approximate surface area is 109 Å². The SMILES string of the molecule is CCC(C)(C)c1cc(N(CCO)CCO)ncn1. The largest absolute Gasteiger partial charge is 0.395 e. The van der Waals surface area contributed by atoms with Gasteiger partial charge in [0.2, 0.25) is 0 Å². The predicted molar refractivity (Wildman–Crippen MR) is 71.7 cm³/mol. The molecule has 18 heavy (non-hydrogen) atoms. The molecule has 0 bridgehead atoms. The van der Waals surface area contributed by atoms with E-state index in [0.29, 0.717) is 13.1 Å². The van der Waals surface area contributed by atoms with Crippen molar-refractivity contribution in [1.82, 2.24) is 9.97 Å². The van der Waals surface area contributed by atoms with Gasteiger partial charge < -0.3 is 15.1 Å². The molecule has 1 rings (SSSR count). The highest BCUT2D eigenvalue weighted by Gasteiger charge is 2.21. The molecule has 0 aliphatic heterocycles. The van der Waals surface area contributed by atoms with Crippen LogP contribution in [0.4, 0.5) is 5.82 Å². The Morgan fingerprint density at radius 3 is 2.28 bits per heavy atom. The Bertz CT molecular complexity index is 363. The van der Waals surface area contributed by atoms with Gasteiger partial charge in [-0.15, -0.1) is 0 Å². The quantitative estimate of drug-likeness (QED) is 0.757. The van der Waals surface area contributed by atoms with Crippen molar-refractivity contribution in [2.75, 3.05) is 31.2 Å². The minimum absolute atomic E-state index is 0.00178. The molecule has 5 nitrogen and oxygen atoms in total. The zero-order valence-electron chi connectivity index (χ0n) is 11.4. The Hall–Kier alpha value is -1.20. The first kappa shape index (κ1) is 14.9. The molecule has 1 aromatic heterocycles. The van der Waals surface area contributed by atoms with Gasteiger partial charge in [-0.3, -0.25) is 0 Å². The summed E-state index contributed by atoms with van der Waals surface area (Å²) in [6.45, 7) is 7.41. The molecule has 1 heterocycles. The molecule has 0 radical (unpaired) electrons. The highest BCUT2D eigenvalue weighted by molar-refractivity contribution is 5.40. The summed E-state index contributed by atoms with van der Waals surface area (Å²) in [5, 5.41) is 18.1. The molecule has 0 atom stereocenters. The maximum absolute atomic E-state index is 9.03. The summed E-state index contributed by atoms with van der Waals surface area (Å²) < 4.78 is 0. The van der Waals surface area contributed by atoms with Crippen LogP contribution in [0.2, 0.25) is 0 Å². The lowest BCUT2D eigenvalue weighted by molar-refractivity contribution is 0.280. The van der Waals surface area contributed by atoms with Crippen molar-refractivity contribution in [2.45, 2.75) is 32.6 Å². The van der Waals surface area contributed by atoms with E-state index >= 15 is 0 Å². The molecule has 2 N–H and O–H groups in total. The maximum Gasteiger partial charge on any atom is 0.132 e. The zero-order valence-corrected chi connectivity index (χ0v) is 11.4. The van der Waals surface area contributed by atoms with Gasteiger partial charge in [0.05, 0.1) is 18.9 Å². The minimum Gasteiger partial charge on any atom is -0.395 e. The van der Waals surface area contributed by atoms with Crippen molar-refractivity contribution in [2.24, 2.45) is 0 Å². The smallest absolute Gasteiger partial charge is 0.132 e. The van der Waals surface area contributed by atoms with Crippen LogP contribution in [0, 0.1) is 0 Å². The average Bonchev–Trinajstić information content (AvgIpc) is 2.38. The summed E-state index contributed by atoms with van der Waals surface area (Å²) in [6.07, 6.45) is 2.53. The van der Waals surface area contributed by atoms with Gasteiger partial charge in [0.1, 0.15) is 12.1 Å². The van der Waals surface area contributed by atoms with Crippen molar-refractivity contribution >= 4 is 5.82 Å². The molecule has 0 spiro atoms. The number of aliphatic hydroxyl groups excluding tert-OH is 2. The van der Waals surface area contributed by atoms with Crippen LogP contribution in [0.5, 0.6) is 0 Å². The summed E-state index contributed by atoms with van der Waals surface area (Å²) in [5.74, 6) is 0.754. The van der Waals surface area contributed by atoms with Gasteiger partial charge in [-0.1, -0.05) is 20.8 Å². The molecule has 0 amide bonds. The molecule has 0 unspecified atom stereocenters. The van der Waals surface area contributed by atoms with Gasteiger partial charge in [0.25, 0.3) is 0 Å². The first-order valence-corrected chi connectivity index (χ1v) is 6.34. The second-order valence-corrected chi connectivity index (χ2v) is 4.93. The number of nitrogens with zero attached hydrogens (tertiary/aromatic N) is 3. The van der Waals surface area contributed by atoms with E-state index in [0.717, 1.165) is 17.9 Å². The van der Waals surface area contributed by atoms with Crippen LogP contribution in [0.15, 0.2) is 12.4 Å². The van der Waals surface area contributed by atoms with Crippen LogP contribution in [0.1, 0.15) is 32.9 Å². The zero-order chi connectivity index (χ0) is 13.6. The summed E-state index contributed by atoms with van der Waals surface area (Å²) >= 11 is 0.